The SMILES string of the molecule is COC(=O)NC(C)(C(=O)O)C(C)O. The molecule has 3 N–H and O–H groups in total. The second-order valence-corrected chi connectivity index (χ2v) is 2.80. The summed E-state index contributed by atoms with van der Waals surface area (Å²) in [5.74, 6) is -1.33. The fourth-order valence-electron chi connectivity index (χ4n) is 0.600. The summed E-state index contributed by atoms with van der Waals surface area (Å²) in [6, 6.07) is 0. The van der Waals surface area contributed by atoms with E-state index in [0.717, 1.165) is 7.11 Å². The van der Waals surface area contributed by atoms with Crippen LogP contribution in [0.15, 0.2) is 0 Å². The van der Waals surface area contributed by atoms with E-state index in [1.807, 2.05) is 5.32 Å². The fourth-order valence-corrected chi connectivity index (χ4v) is 0.600. The number of methoxy groups -OCH3 is 1. The van der Waals surface area contributed by atoms with E-state index in [9.17, 15) is 9.59 Å². The van der Waals surface area contributed by atoms with Crippen LogP contribution in [-0.4, -0.2) is 41.0 Å². The normalized spacial score (nSPS) is 16.9. The van der Waals surface area contributed by atoms with Crippen molar-refractivity contribution in [2.45, 2.75) is 25.5 Å². The van der Waals surface area contributed by atoms with Gasteiger partial charge in [-0.05, 0) is 13.8 Å². The van der Waals surface area contributed by atoms with Crippen LogP contribution in [0.25, 0.3) is 0 Å². The third-order valence-corrected chi connectivity index (χ3v) is 1.83. The van der Waals surface area contributed by atoms with Gasteiger partial charge in [-0.3, -0.25) is 0 Å². The van der Waals surface area contributed by atoms with Gasteiger partial charge in [0.25, 0.3) is 0 Å². The number of nitrogens with one attached hydrogen (secondary N) is 1. The zero-order valence-electron chi connectivity index (χ0n) is 7.70. The number of carbonyl (C=O) groups excluding carboxylic acids is 1. The summed E-state index contributed by atoms with van der Waals surface area (Å²) in [5.41, 5.74) is -1.73. The number of hydrogen-bond acceptors (Lipinski definition) is 4. The molecule has 0 aromatic rings. The van der Waals surface area contributed by atoms with Gasteiger partial charge in [0.05, 0.1) is 13.2 Å². The van der Waals surface area contributed by atoms with Crippen molar-refractivity contribution in [2.75, 3.05) is 7.11 Å². The van der Waals surface area contributed by atoms with Crippen molar-refractivity contribution < 1.29 is 24.5 Å². The number of aliphatic hydroxyl groups is 1. The summed E-state index contributed by atoms with van der Waals surface area (Å²) in [7, 11) is 1.11. The van der Waals surface area contributed by atoms with Gasteiger partial charge >= 0.3 is 12.1 Å². The van der Waals surface area contributed by atoms with Crippen LogP contribution in [0.1, 0.15) is 13.8 Å². The summed E-state index contributed by atoms with van der Waals surface area (Å²) in [5, 5.41) is 19.9. The number of amides is 1. The van der Waals surface area contributed by atoms with Crippen LogP contribution in [0, 0.1) is 0 Å². The van der Waals surface area contributed by atoms with E-state index in [2.05, 4.69) is 4.74 Å². The quantitative estimate of drug-likeness (QED) is 0.562. The van der Waals surface area contributed by atoms with Crippen LogP contribution in [0.2, 0.25) is 0 Å². The third-order valence-electron chi connectivity index (χ3n) is 1.83. The van der Waals surface area contributed by atoms with Crippen LogP contribution in [0.4, 0.5) is 4.79 Å². The molecule has 1 amide bonds. The van der Waals surface area contributed by atoms with Gasteiger partial charge in [-0.15, -0.1) is 0 Å². The number of aliphatic carboxylic acids is 1. The van der Waals surface area contributed by atoms with Gasteiger partial charge in [0.15, 0.2) is 5.54 Å². The predicted octanol–water partition coefficient (Wildman–Crippen LogP) is -0.433. The van der Waals surface area contributed by atoms with E-state index in [0.29, 0.717) is 0 Å². The lowest BCUT2D eigenvalue weighted by atomic mass is 9.96. The van der Waals surface area contributed by atoms with Crippen molar-refractivity contribution >= 4 is 12.1 Å². The van der Waals surface area contributed by atoms with Crippen molar-refractivity contribution in [1.82, 2.24) is 5.32 Å². The predicted molar refractivity (Wildman–Crippen MR) is 43.3 cm³/mol. The zero-order chi connectivity index (χ0) is 10.6. The van der Waals surface area contributed by atoms with Crippen molar-refractivity contribution in [1.29, 1.82) is 0 Å². The second kappa shape index (κ2) is 4.08. The number of carbonyl (C=O) groups is 2. The number of aliphatic hydroxyl groups excluding tert-OH is 1. The maximum Gasteiger partial charge on any atom is 0.407 e. The maximum absolute atomic E-state index is 10.7. The molecule has 6 nitrogen and oxygen atoms in total. The van der Waals surface area contributed by atoms with Crippen LogP contribution in [0.3, 0.4) is 0 Å². The Kier molecular flexibility index (Phi) is 3.68. The Labute approximate surface area is 75.5 Å². The number of rotatable bonds is 3. The first-order chi connectivity index (χ1) is 5.84. The second-order valence-electron chi connectivity index (χ2n) is 2.80. The first-order valence-corrected chi connectivity index (χ1v) is 3.62. The molecule has 0 spiro atoms. The summed E-state index contributed by atoms with van der Waals surface area (Å²) < 4.78 is 4.22. The van der Waals surface area contributed by atoms with Gasteiger partial charge in [-0.1, -0.05) is 0 Å². The minimum Gasteiger partial charge on any atom is -0.479 e. The highest BCUT2D eigenvalue weighted by atomic mass is 16.5. The Bertz CT molecular complexity index is 215. The Morgan fingerprint density at radius 1 is 1.54 bits per heavy atom. The smallest absolute Gasteiger partial charge is 0.407 e. The molecule has 0 saturated carbocycles. The maximum atomic E-state index is 10.7. The first kappa shape index (κ1) is 11.7. The minimum absolute atomic E-state index is 0.897. The molecule has 0 aromatic carbocycles. The molecule has 2 atom stereocenters. The lowest BCUT2D eigenvalue weighted by molar-refractivity contribution is -0.148. The molecule has 0 aromatic heterocycles. The molecule has 0 heterocycles. The summed E-state index contributed by atoms with van der Waals surface area (Å²) in [6.07, 6.45) is -2.12. The third kappa shape index (κ3) is 2.59. The molecule has 13 heavy (non-hydrogen) atoms. The van der Waals surface area contributed by atoms with Crippen LogP contribution >= 0.6 is 0 Å². The number of alkyl carbamates (subject to hydrolysis) is 1. The number of ether oxygens (including phenoxy) is 1. The average molecular weight is 191 g/mol. The molecule has 0 rings (SSSR count). The molecule has 76 valence electrons. The molecule has 0 aliphatic carbocycles. The van der Waals surface area contributed by atoms with E-state index in [1.54, 1.807) is 0 Å². The Morgan fingerprint density at radius 2 is 2.00 bits per heavy atom. The van der Waals surface area contributed by atoms with Crippen molar-refractivity contribution in [2.24, 2.45) is 0 Å². The number of carboxylic acids is 1. The van der Waals surface area contributed by atoms with Gasteiger partial charge in [0.1, 0.15) is 0 Å². The van der Waals surface area contributed by atoms with Gasteiger partial charge in [-0.2, -0.15) is 0 Å². The van der Waals surface area contributed by atoms with Crippen LogP contribution in [-0.2, 0) is 9.53 Å². The van der Waals surface area contributed by atoms with Gasteiger partial charge in [0, 0.05) is 0 Å². The minimum atomic E-state index is -1.73. The standard InChI is InChI=1S/C7H13NO5/c1-4(9)7(2,5(10)11)8-6(12)13-3/h4,9H,1-3H3,(H,8,12)(H,10,11). The molecule has 0 saturated heterocycles. The van der Waals surface area contributed by atoms with E-state index in [4.69, 9.17) is 10.2 Å². The monoisotopic (exact) mass is 191 g/mol. The van der Waals surface area contributed by atoms with Gasteiger partial charge < -0.3 is 20.3 Å². The Morgan fingerprint density at radius 3 is 2.23 bits per heavy atom. The summed E-state index contributed by atoms with van der Waals surface area (Å²) in [6.45, 7) is 2.46. The van der Waals surface area contributed by atoms with E-state index >= 15 is 0 Å². The van der Waals surface area contributed by atoms with Gasteiger partial charge in [-0.25, -0.2) is 9.59 Å². The molecule has 0 radical (unpaired) electrons. The zero-order valence-corrected chi connectivity index (χ0v) is 7.70. The van der Waals surface area contributed by atoms with E-state index < -0.39 is 23.7 Å². The average Bonchev–Trinajstić information content (AvgIpc) is 2.03. The molecule has 0 fully saturated rings. The number of carboxylic acid groups (broad SMARTS) is 1. The largest absolute Gasteiger partial charge is 0.479 e. The molecule has 0 aliphatic heterocycles. The lowest BCUT2D eigenvalue weighted by Crippen LogP contribution is -2.59. The highest BCUT2D eigenvalue weighted by Crippen LogP contribution is 2.10. The first-order valence-electron chi connectivity index (χ1n) is 3.62. The highest BCUT2D eigenvalue weighted by molar-refractivity contribution is 5.84. The van der Waals surface area contributed by atoms with Crippen molar-refractivity contribution in [3.05, 3.63) is 0 Å². The lowest BCUT2D eigenvalue weighted by Gasteiger charge is -2.27. The number of hydrogen-bond donors (Lipinski definition) is 3. The molecule has 6 heteroatoms. The fraction of sp³-hybridized carbons (Fsp3) is 0.714. The summed E-state index contributed by atoms with van der Waals surface area (Å²) in [4.78, 5) is 21.4. The van der Waals surface area contributed by atoms with Gasteiger partial charge in [0.2, 0.25) is 0 Å². The topological polar surface area (TPSA) is 95.9 Å². The molecule has 2 unspecified atom stereocenters. The summed E-state index contributed by atoms with van der Waals surface area (Å²) >= 11 is 0. The van der Waals surface area contributed by atoms with E-state index in [-0.39, 0.29) is 0 Å². The Hall–Kier alpha value is -1.30. The highest BCUT2D eigenvalue weighted by Gasteiger charge is 2.40. The van der Waals surface area contributed by atoms with Crippen molar-refractivity contribution in [3.63, 3.8) is 0 Å². The molecule has 0 bridgehead atoms. The van der Waals surface area contributed by atoms with Crippen molar-refractivity contribution in [3.8, 4) is 0 Å². The molecule has 0 aliphatic rings. The van der Waals surface area contributed by atoms with Crippen LogP contribution in [0.5, 0.6) is 0 Å². The Balaban J connectivity index is 4.61. The van der Waals surface area contributed by atoms with E-state index in [1.165, 1.54) is 13.8 Å². The molecular formula is C7H13NO5. The molecular weight excluding hydrogens is 178 g/mol. The van der Waals surface area contributed by atoms with Crippen LogP contribution < -0.4 is 5.32 Å².